The van der Waals surface area contributed by atoms with Gasteiger partial charge < -0.3 is 10.6 Å². The summed E-state index contributed by atoms with van der Waals surface area (Å²) in [5, 5.41) is 6.25. The van der Waals surface area contributed by atoms with Crippen LogP contribution in [0, 0.1) is 6.92 Å². The van der Waals surface area contributed by atoms with Crippen LogP contribution in [0.25, 0.3) is 0 Å². The van der Waals surface area contributed by atoms with Crippen LogP contribution in [0.5, 0.6) is 0 Å². The normalized spacial score (nSPS) is 10.2. The van der Waals surface area contributed by atoms with Gasteiger partial charge in [0.15, 0.2) is 0 Å². The molecule has 23 heavy (non-hydrogen) atoms. The van der Waals surface area contributed by atoms with Crippen LogP contribution >= 0.6 is 0 Å². The van der Waals surface area contributed by atoms with Crippen molar-refractivity contribution in [2.75, 3.05) is 16.1 Å². The highest BCUT2D eigenvalue weighted by atomic mass is 15.3. The van der Waals surface area contributed by atoms with Crippen LogP contribution in [-0.2, 0) is 0 Å². The number of rotatable bonds is 5. The van der Waals surface area contributed by atoms with E-state index in [1.807, 2.05) is 61.5 Å². The SMILES string of the molecule is Cc1ccc(Nc2nc(NN)nc(Nc3ccccc3)n2)cc1. The topological polar surface area (TPSA) is 101 Å². The molecule has 1 aromatic heterocycles. The van der Waals surface area contributed by atoms with Crippen molar-refractivity contribution in [1.82, 2.24) is 15.0 Å². The number of benzene rings is 2. The first-order chi connectivity index (χ1) is 11.2. The van der Waals surface area contributed by atoms with E-state index >= 15 is 0 Å². The number of hydrazine groups is 1. The fraction of sp³-hybridized carbons (Fsp3) is 0.0625. The maximum Gasteiger partial charge on any atom is 0.243 e. The molecule has 7 nitrogen and oxygen atoms in total. The van der Waals surface area contributed by atoms with Gasteiger partial charge in [0.2, 0.25) is 17.8 Å². The first-order valence-corrected chi connectivity index (χ1v) is 7.11. The van der Waals surface area contributed by atoms with Gasteiger partial charge in [-0.15, -0.1) is 0 Å². The second-order valence-electron chi connectivity index (χ2n) is 4.93. The van der Waals surface area contributed by atoms with Crippen molar-refractivity contribution in [3.05, 3.63) is 60.2 Å². The Bertz CT molecular complexity index is 772. The molecule has 3 aromatic rings. The molecule has 2 aromatic carbocycles. The van der Waals surface area contributed by atoms with Crippen molar-refractivity contribution < 1.29 is 0 Å². The van der Waals surface area contributed by atoms with Gasteiger partial charge in [-0.1, -0.05) is 35.9 Å². The number of aromatic nitrogens is 3. The Morgan fingerprint density at radius 1 is 0.696 bits per heavy atom. The third kappa shape index (κ3) is 3.92. The number of para-hydroxylation sites is 1. The number of hydrogen-bond donors (Lipinski definition) is 4. The Balaban J connectivity index is 1.85. The van der Waals surface area contributed by atoms with E-state index in [2.05, 4.69) is 31.0 Å². The third-order valence-corrected chi connectivity index (χ3v) is 3.10. The highest BCUT2D eigenvalue weighted by molar-refractivity contribution is 5.59. The molecule has 5 N–H and O–H groups in total. The lowest BCUT2D eigenvalue weighted by molar-refractivity contribution is 1.04. The van der Waals surface area contributed by atoms with Gasteiger partial charge in [-0.3, -0.25) is 5.43 Å². The monoisotopic (exact) mass is 307 g/mol. The number of aryl methyl sites for hydroxylation is 1. The van der Waals surface area contributed by atoms with Crippen molar-refractivity contribution >= 4 is 29.2 Å². The van der Waals surface area contributed by atoms with Crippen LogP contribution < -0.4 is 21.9 Å². The molecule has 0 aliphatic carbocycles. The quantitative estimate of drug-likeness (QED) is 0.424. The maximum absolute atomic E-state index is 5.44. The minimum atomic E-state index is 0.271. The number of nitrogens with two attached hydrogens (primary N) is 1. The molecule has 0 aliphatic heterocycles. The summed E-state index contributed by atoms with van der Waals surface area (Å²) in [4.78, 5) is 12.7. The summed E-state index contributed by atoms with van der Waals surface area (Å²) in [6, 6.07) is 17.6. The lowest BCUT2D eigenvalue weighted by atomic mass is 10.2. The van der Waals surface area contributed by atoms with Crippen molar-refractivity contribution in [3.63, 3.8) is 0 Å². The molecule has 0 unspecified atom stereocenters. The van der Waals surface area contributed by atoms with Crippen molar-refractivity contribution in [1.29, 1.82) is 0 Å². The predicted octanol–water partition coefficient (Wildman–Crippen LogP) is 2.95. The summed E-state index contributed by atoms with van der Waals surface area (Å²) < 4.78 is 0. The molecule has 1 heterocycles. The molecular weight excluding hydrogens is 290 g/mol. The number of nitrogen functional groups attached to an aromatic ring is 1. The first-order valence-electron chi connectivity index (χ1n) is 7.11. The van der Waals surface area contributed by atoms with Crippen LogP contribution in [0.2, 0.25) is 0 Å². The van der Waals surface area contributed by atoms with Crippen molar-refractivity contribution in [2.45, 2.75) is 6.92 Å². The van der Waals surface area contributed by atoms with Gasteiger partial charge in [0.05, 0.1) is 0 Å². The van der Waals surface area contributed by atoms with Crippen molar-refractivity contribution in [3.8, 4) is 0 Å². The van der Waals surface area contributed by atoms with E-state index in [0.29, 0.717) is 11.9 Å². The van der Waals surface area contributed by atoms with Gasteiger partial charge in [0.1, 0.15) is 0 Å². The fourth-order valence-electron chi connectivity index (χ4n) is 1.97. The molecule has 116 valence electrons. The summed E-state index contributed by atoms with van der Waals surface area (Å²) in [5.74, 6) is 6.50. The lowest BCUT2D eigenvalue weighted by Crippen LogP contribution is -2.13. The molecule has 3 rings (SSSR count). The van der Waals surface area contributed by atoms with Gasteiger partial charge >= 0.3 is 0 Å². The zero-order valence-corrected chi connectivity index (χ0v) is 12.6. The van der Waals surface area contributed by atoms with Gasteiger partial charge in [-0.2, -0.15) is 15.0 Å². The Morgan fingerprint density at radius 2 is 1.22 bits per heavy atom. The summed E-state index contributed by atoms with van der Waals surface area (Å²) in [6.45, 7) is 2.03. The van der Waals surface area contributed by atoms with Gasteiger partial charge in [0.25, 0.3) is 0 Å². The van der Waals surface area contributed by atoms with Gasteiger partial charge in [-0.25, -0.2) is 5.84 Å². The highest BCUT2D eigenvalue weighted by Gasteiger charge is 2.06. The molecule has 0 amide bonds. The van der Waals surface area contributed by atoms with Crippen LogP contribution in [0.1, 0.15) is 5.56 Å². The second kappa shape index (κ2) is 6.71. The molecule has 0 radical (unpaired) electrons. The molecule has 0 aliphatic rings. The average Bonchev–Trinajstić information content (AvgIpc) is 2.57. The van der Waals surface area contributed by atoms with Gasteiger partial charge in [-0.05, 0) is 31.2 Å². The second-order valence-corrected chi connectivity index (χ2v) is 4.93. The molecule has 0 bridgehead atoms. The van der Waals surface area contributed by atoms with E-state index in [1.165, 1.54) is 5.56 Å². The first kappa shape index (κ1) is 14.7. The van der Waals surface area contributed by atoms with E-state index in [4.69, 9.17) is 5.84 Å². The Morgan fingerprint density at radius 3 is 1.78 bits per heavy atom. The number of nitrogens with one attached hydrogen (secondary N) is 3. The summed E-state index contributed by atoms with van der Waals surface area (Å²) >= 11 is 0. The Kier molecular flexibility index (Phi) is 4.30. The largest absolute Gasteiger partial charge is 0.324 e. The van der Waals surface area contributed by atoms with Gasteiger partial charge in [0, 0.05) is 11.4 Å². The lowest BCUT2D eigenvalue weighted by Gasteiger charge is -2.10. The summed E-state index contributed by atoms with van der Waals surface area (Å²) in [7, 11) is 0. The minimum absolute atomic E-state index is 0.271. The van der Waals surface area contributed by atoms with Crippen molar-refractivity contribution in [2.24, 2.45) is 5.84 Å². The zero-order chi connectivity index (χ0) is 16.1. The fourth-order valence-corrected chi connectivity index (χ4v) is 1.97. The maximum atomic E-state index is 5.44. The third-order valence-electron chi connectivity index (χ3n) is 3.10. The smallest absolute Gasteiger partial charge is 0.243 e. The van der Waals surface area contributed by atoms with Crippen LogP contribution in [0.15, 0.2) is 54.6 Å². The minimum Gasteiger partial charge on any atom is -0.324 e. The highest BCUT2D eigenvalue weighted by Crippen LogP contribution is 2.18. The van der Waals surface area contributed by atoms with E-state index in [0.717, 1.165) is 11.4 Å². The average molecular weight is 307 g/mol. The van der Waals surface area contributed by atoms with Crippen LogP contribution in [-0.4, -0.2) is 15.0 Å². The van der Waals surface area contributed by atoms with Crippen LogP contribution in [0.4, 0.5) is 29.2 Å². The number of anilines is 5. The molecule has 7 heteroatoms. The predicted molar refractivity (Wildman–Crippen MR) is 91.8 cm³/mol. The zero-order valence-electron chi connectivity index (χ0n) is 12.6. The molecule has 0 saturated heterocycles. The molecule has 0 saturated carbocycles. The molecule has 0 atom stereocenters. The Hall–Kier alpha value is -3.19. The van der Waals surface area contributed by atoms with E-state index in [9.17, 15) is 0 Å². The number of nitrogens with zero attached hydrogens (tertiary/aromatic N) is 3. The number of hydrogen-bond acceptors (Lipinski definition) is 7. The molecule has 0 fully saturated rings. The van der Waals surface area contributed by atoms with E-state index in [1.54, 1.807) is 0 Å². The van der Waals surface area contributed by atoms with E-state index < -0.39 is 0 Å². The molecule has 0 spiro atoms. The van der Waals surface area contributed by atoms with Crippen LogP contribution in [0.3, 0.4) is 0 Å². The Labute approximate surface area is 134 Å². The van der Waals surface area contributed by atoms with E-state index in [-0.39, 0.29) is 5.95 Å². The summed E-state index contributed by atoms with van der Waals surface area (Å²) in [6.07, 6.45) is 0. The molecular formula is C16H17N7. The summed E-state index contributed by atoms with van der Waals surface area (Å²) in [5.41, 5.74) is 5.39. The standard InChI is InChI=1S/C16H17N7/c1-11-7-9-13(10-8-11)19-15-20-14(21-16(22-15)23-17)18-12-5-3-2-4-6-12/h2-10H,17H2,1H3,(H3,18,19,20,21,22,23).